The quantitative estimate of drug-likeness (QED) is 0.430. The van der Waals surface area contributed by atoms with Crippen LogP contribution < -0.4 is 10.9 Å². The number of methoxy groups -OCH3 is 2. The highest BCUT2D eigenvalue weighted by molar-refractivity contribution is 8.00. The van der Waals surface area contributed by atoms with Crippen molar-refractivity contribution in [2.75, 3.05) is 19.5 Å². The second-order valence-electron chi connectivity index (χ2n) is 5.30. The number of benzene rings is 1. The molecule has 138 valence electrons. The van der Waals surface area contributed by atoms with Crippen molar-refractivity contribution in [3.63, 3.8) is 0 Å². The first-order chi connectivity index (χ1) is 12.4. The number of carbonyl (C=O) groups is 2. The van der Waals surface area contributed by atoms with Crippen LogP contribution in [0.4, 0.5) is 5.69 Å². The lowest BCUT2D eigenvalue weighted by Crippen LogP contribution is -2.23. The Balaban J connectivity index is 2.06. The van der Waals surface area contributed by atoms with E-state index in [9.17, 15) is 14.4 Å². The van der Waals surface area contributed by atoms with Gasteiger partial charge in [-0.05, 0) is 25.1 Å². The number of amides is 1. The molecular weight excluding hydrogens is 358 g/mol. The van der Waals surface area contributed by atoms with Gasteiger partial charge in [0, 0.05) is 18.9 Å². The van der Waals surface area contributed by atoms with E-state index in [0.29, 0.717) is 22.1 Å². The van der Waals surface area contributed by atoms with Crippen molar-refractivity contribution in [2.24, 2.45) is 0 Å². The summed E-state index contributed by atoms with van der Waals surface area (Å²) in [5, 5.41) is 2.52. The van der Waals surface area contributed by atoms with Crippen LogP contribution in [0.1, 0.15) is 23.0 Å². The standard InChI is InChI=1S/C17H19N3O5S/c1-10(26-17-19-13(9-24-2)8-14(21)20-17)15(22)18-12-6-4-5-11(7-12)16(23)25-3/h4-8,10H,9H2,1-3H3,(H,18,22)(H,19,20,21). The molecular formula is C17H19N3O5S. The van der Waals surface area contributed by atoms with Crippen LogP contribution in [0.15, 0.2) is 40.3 Å². The van der Waals surface area contributed by atoms with Crippen molar-refractivity contribution in [1.82, 2.24) is 9.97 Å². The largest absolute Gasteiger partial charge is 0.465 e. The lowest BCUT2D eigenvalue weighted by atomic mass is 10.2. The van der Waals surface area contributed by atoms with E-state index in [1.54, 1.807) is 25.1 Å². The molecule has 1 amide bonds. The Bertz CT molecular complexity index is 852. The minimum Gasteiger partial charge on any atom is -0.465 e. The van der Waals surface area contributed by atoms with Gasteiger partial charge in [-0.3, -0.25) is 9.59 Å². The van der Waals surface area contributed by atoms with Gasteiger partial charge in [0.1, 0.15) is 0 Å². The van der Waals surface area contributed by atoms with Gasteiger partial charge >= 0.3 is 5.97 Å². The lowest BCUT2D eigenvalue weighted by molar-refractivity contribution is -0.115. The van der Waals surface area contributed by atoms with Crippen molar-refractivity contribution < 1.29 is 19.1 Å². The molecule has 1 aromatic heterocycles. The average Bonchev–Trinajstić information content (AvgIpc) is 2.61. The number of ether oxygens (including phenoxy) is 2. The fourth-order valence-corrected chi connectivity index (χ4v) is 2.90. The number of thioether (sulfide) groups is 1. The maximum Gasteiger partial charge on any atom is 0.337 e. The number of hydrogen-bond donors (Lipinski definition) is 2. The van der Waals surface area contributed by atoms with Crippen LogP contribution in [0.3, 0.4) is 0 Å². The highest BCUT2D eigenvalue weighted by Crippen LogP contribution is 2.20. The molecule has 0 radical (unpaired) electrons. The summed E-state index contributed by atoms with van der Waals surface area (Å²) < 4.78 is 9.62. The molecule has 0 aliphatic heterocycles. The first-order valence-electron chi connectivity index (χ1n) is 7.68. The summed E-state index contributed by atoms with van der Waals surface area (Å²) in [5.41, 5.74) is 0.980. The summed E-state index contributed by atoms with van der Waals surface area (Å²) in [4.78, 5) is 42.4. The molecule has 1 aromatic carbocycles. The molecule has 2 N–H and O–H groups in total. The summed E-state index contributed by atoms with van der Waals surface area (Å²) in [6.07, 6.45) is 0. The second-order valence-corrected chi connectivity index (χ2v) is 6.63. The minimum absolute atomic E-state index is 0.207. The Hall–Kier alpha value is -2.65. The molecule has 2 aromatic rings. The van der Waals surface area contributed by atoms with Crippen LogP contribution >= 0.6 is 11.8 Å². The first-order valence-corrected chi connectivity index (χ1v) is 8.56. The molecule has 0 aliphatic rings. The lowest BCUT2D eigenvalue weighted by Gasteiger charge is -2.12. The summed E-state index contributed by atoms with van der Waals surface area (Å²) in [6, 6.07) is 7.78. The number of aromatic amines is 1. The number of H-pyrrole nitrogens is 1. The molecule has 1 unspecified atom stereocenters. The van der Waals surface area contributed by atoms with E-state index < -0.39 is 11.2 Å². The number of hydrogen-bond acceptors (Lipinski definition) is 7. The molecule has 8 nitrogen and oxygen atoms in total. The zero-order valence-corrected chi connectivity index (χ0v) is 15.4. The van der Waals surface area contributed by atoms with Crippen molar-refractivity contribution >= 4 is 29.3 Å². The summed E-state index contributed by atoms with van der Waals surface area (Å²) in [5.74, 6) is -0.780. The Morgan fingerprint density at radius 1 is 1.31 bits per heavy atom. The molecule has 0 saturated heterocycles. The van der Waals surface area contributed by atoms with Crippen molar-refractivity contribution in [3.05, 3.63) is 51.9 Å². The van der Waals surface area contributed by atoms with E-state index in [1.165, 1.54) is 26.4 Å². The molecule has 2 rings (SSSR count). The van der Waals surface area contributed by atoms with Crippen LogP contribution in [-0.4, -0.2) is 41.3 Å². The van der Waals surface area contributed by atoms with E-state index in [-0.39, 0.29) is 18.1 Å². The van der Waals surface area contributed by atoms with Crippen molar-refractivity contribution in [2.45, 2.75) is 23.9 Å². The molecule has 26 heavy (non-hydrogen) atoms. The topological polar surface area (TPSA) is 110 Å². The number of nitrogens with one attached hydrogen (secondary N) is 2. The molecule has 0 bridgehead atoms. The molecule has 0 fully saturated rings. The zero-order valence-electron chi connectivity index (χ0n) is 14.6. The van der Waals surface area contributed by atoms with E-state index in [0.717, 1.165) is 11.8 Å². The third-order valence-corrected chi connectivity index (χ3v) is 4.26. The van der Waals surface area contributed by atoms with Gasteiger partial charge < -0.3 is 19.8 Å². The number of aromatic nitrogens is 2. The third-order valence-electron chi connectivity index (χ3n) is 3.27. The van der Waals surface area contributed by atoms with E-state index >= 15 is 0 Å². The molecule has 1 atom stereocenters. The van der Waals surface area contributed by atoms with Gasteiger partial charge in [-0.25, -0.2) is 9.78 Å². The molecule has 9 heteroatoms. The normalized spacial score (nSPS) is 11.7. The summed E-state index contributed by atoms with van der Waals surface area (Å²) in [6.45, 7) is 1.89. The Kier molecular flexibility index (Phi) is 6.93. The molecule has 0 aliphatic carbocycles. The average molecular weight is 377 g/mol. The maximum absolute atomic E-state index is 12.4. The number of anilines is 1. The predicted octanol–water partition coefficient (Wildman–Crippen LogP) is 1.82. The molecule has 0 saturated carbocycles. The number of carbonyl (C=O) groups excluding carboxylic acids is 2. The number of esters is 1. The Morgan fingerprint density at radius 3 is 2.77 bits per heavy atom. The summed E-state index contributed by atoms with van der Waals surface area (Å²) in [7, 11) is 2.80. The smallest absolute Gasteiger partial charge is 0.337 e. The van der Waals surface area contributed by atoms with Crippen molar-refractivity contribution in [1.29, 1.82) is 0 Å². The SMILES string of the molecule is COCc1cc(=O)[nH]c(SC(C)C(=O)Nc2cccc(C(=O)OC)c2)n1. The number of nitrogens with zero attached hydrogens (tertiary/aromatic N) is 1. The minimum atomic E-state index is -0.530. The number of rotatable bonds is 7. The molecule has 1 heterocycles. The van der Waals surface area contributed by atoms with Crippen LogP contribution in [0, 0.1) is 0 Å². The van der Waals surface area contributed by atoms with Gasteiger partial charge in [0.2, 0.25) is 5.91 Å². The highest BCUT2D eigenvalue weighted by atomic mass is 32.2. The predicted molar refractivity (Wildman–Crippen MR) is 97.3 cm³/mol. The maximum atomic E-state index is 12.4. The fourth-order valence-electron chi connectivity index (χ4n) is 2.07. The van der Waals surface area contributed by atoms with E-state index in [1.807, 2.05) is 0 Å². The van der Waals surface area contributed by atoms with Crippen LogP contribution in [0.5, 0.6) is 0 Å². The van der Waals surface area contributed by atoms with Gasteiger partial charge in [-0.2, -0.15) is 0 Å². The van der Waals surface area contributed by atoms with Gasteiger partial charge in [0.05, 0.1) is 30.2 Å². The van der Waals surface area contributed by atoms with Crippen LogP contribution in [0.2, 0.25) is 0 Å². The zero-order chi connectivity index (χ0) is 19.1. The highest BCUT2D eigenvalue weighted by Gasteiger charge is 2.17. The second kappa shape index (κ2) is 9.16. The van der Waals surface area contributed by atoms with E-state index in [2.05, 4.69) is 20.0 Å². The van der Waals surface area contributed by atoms with Gasteiger partial charge in [0.15, 0.2) is 5.16 Å². The third kappa shape index (κ3) is 5.43. The van der Waals surface area contributed by atoms with Gasteiger partial charge in [0.25, 0.3) is 5.56 Å². The van der Waals surface area contributed by atoms with Gasteiger partial charge in [-0.1, -0.05) is 17.8 Å². The van der Waals surface area contributed by atoms with Gasteiger partial charge in [-0.15, -0.1) is 0 Å². The molecule has 0 spiro atoms. The van der Waals surface area contributed by atoms with Crippen LogP contribution in [-0.2, 0) is 20.9 Å². The van der Waals surface area contributed by atoms with E-state index in [4.69, 9.17) is 4.74 Å². The van der Waals surface area contributed by atoms with Crippen LogP contribution in [0.25, 0.3) is 0 Å². The van der Waals surface area contributed by atoms with Crippen molar-refractivity contribution in [3.8, 4) is 0 Å². The Labute approximate surface area is 154 Å². The fraction of sp³-hybridized carbons (Fsp3) is 0.294. The summed E-state index contributed by atoms with van der Waals surface area (Å²) >= 11 is 1.11. The Morgan fingerprint density at radius 2 is 2.08 bits per heavy atom. The first kappa shape index (κ1) is 19.7. The monoisotopic (exact) mass is 377 g/mol.